The van der Waals surface area contributed by atoms with E-state index in [1.807, 2.05) is 0 Å². The molecule has 0 amide bonds. The van der Waals surface area contributed by atoms with Gasteiger partial charge in [-0.15, -0.1) is 0 Å². The molecule has 1 rings (SSSR count). The molecule has 0 bridgehead atoms. The number of hydrogen-bond acceptors (Lipinski definition) is 3. The van der Waals surface area contributed by atoms with E-state index in [4.69, 9.17) is 9.47 Å². The maximum absolute atomic E-state index is 5.52. The van der Waals surface area contributed by atoms with Crippen molar-refractivity contribution in [1.82, 2.24) is 5.32 Å². The van der Waals surface area contributed by atoms with Crippen molar-refractivity contribution in [3.05, 3.63) is 0 Å². The van der Waals surface area contributed by atoms with Gasteiger partial charge in [0.25, 0.3) is 0 Å². The lowest BCUT2D eigenvalue weighted by molar-refractivity contribution is 0.0618. The normalized spacial score (nSPS) is 18.0. The minimum Gasteiger partial charge on any atom is -0.382 e. The van der Waals surface area contributed by atoms with Crippen LogP contribution in [0, 0.1) is 11.3 Å². The minimum atomic E-state index is 0.558. The summed E-state index contributed by atoms with van der Waals surface area (Å²) < 4.78 is 10.5. The summed E-state index contributed by atoms with van der Waals surface area (Å²) in [6, 6.07) is 0. The van der Waals surface area contributed by atoms with E-state index in [2.05, 4.69) is 19.2 Å². The van der Waals surface area contributed by atoms with Gasteiger partial charge in [-0.3, -0.25) is 0 Å². The zero-order chi connectivity index (χ0) is 11.9. The van der Waals surface area contributed by atoms with E-state index in [9.17, 15) is 0 Å². The van der Waals surface area contributed by atoms with Crippen LogP contribution >= 0.6 is 0 Å². The number of methoxy groups -OCH3 is 1. The summed E-state index contributed by atoms with van der Waals surface area (Å²) in [6.45, 7) is 9.11. The Morgan fingerprint density at radius 2 is 1.94 bits per heavy atom. The molecule has 1 fully saturated rings. The molecule has 1 saturated carbocycles. The first-order valence-electron chi connectivity index (χ1n) is 6.46. The van der Waals surface area contributed by atoms with Crippen LogP contribution in [0.5, 0.6) is 0 Å². The maximum Gasteiger partial charge on any atom is 0.0700 e. The smallest absolute Gasteiger partial charge is 0.0700 e. The Hall–Kier alpha value is -0.120. The van der Waals surface area contributed by atoms with E-state index in [0.717, 1.165) is 25.7 Å². The summed E-state index contributed by atoms with van der Waals surface area (Å²) in [7, 11) is 1.71. The van der Waals surface area contributed by atoms with E-state index in [1.54, 1.807) is 7.11 Å². The van der Waals surface area contributed by atoms with Crippen molar-refractivity contribution >= 4 is 0 Å². The summed E-state index contributed by atoms with van der Waals surface area (Å²) in [5.74, 6) is 0.744. The first-order chi connectivity index (χ1) is 7.68. The van der Waals surface area contributed by atoms with Crippen LogP contribution in [0.3, 0.4) is 0 Å². The molecule has 0 aromatic carbocycles. The molecule has 0 spiro atoms. The van der Waals surface area contributed by atoms with Gasteiger partial charge in [-0.25, -0.2) is 0 Å². The highest BCUT2D eigenvalue weighted by Gasteiger charge is 2.41. The second-order valence-electron chi connectivity index (χ2n) is 5.38. The average molecular weight is 229 g/mol. The molecule has 3 heteroatoms. The molecule has 3 nitrogen and oxygen atoms in total. The van der Waals surface area contributed by atoms with E-state index < -0.39 is 0 Å². The lowest BCUT2D eigenvalue weighted by Gasteiger charge is -2.17. The first-order valence-corrected chi connectivity index (χ1v) is 6.46. The Labute approximate surface area is 99.9 Å². The van der Waals surface area contributed by atoms with Gasteiger partial charge in [0, 0.05) is 20.3 Å². The SMILES string of the molecule is COCCOCCC1(CNCC(C)C)CC1. The third-order valence-electron chi connectivity index (χ3n) is 3.22. The molecular formula is C13H27NO2. The van der Waals surface area contributed by atoms with Crippen LogP contribution < -0.4 is 5.32 Å². The van der Waals surface area contributed by atoms with Crippen molar-refractivity contribution < 1.29 is 9.47 Å². The van der Waals surface area contributed by atoms with Gasteiger partial charge in [0.15, 0.2) is 0 Å². The van der Waals surface area contributed by atoms with Crippen LogP contribution in [0.4, 0.5) is 0 Å². The summed E-state index contributed by atoms with van der Waals surface area (Å²) in [6.07, 6.45) is 3.93. The predicted octanol–water partition coefficient (Wildman–Crippen LogP) is 2.07. The van der Waals surface area contributed by atoms with Crippen LogP contribution in [0.25, 0.3) is 0 Å². The largest absolute Gasteiger partial charge is 0.382 e. The van der Waals surface area contributed by atoms with Crippen molar-refractivity contribution in [2.45, 2.75) is 33.1 Å². The molecule has 0 unspecified atom stereocenters. The number of ether oxygens (including phenoxy) is 2. The zero-order valence-electron chi connectivity index (χ0n) is 11.1. The minimum absolute atomic E-state index is 0.558. The highest BCUT2D eigenvalue weighted by atomic mass is 16.5. The van der Waals surface area contributed by atoms with Crippen LogP contribution in [0.15, 0.2) is 0 Å². The third-order valence-corrected chi connectivity index (χ3v) is 3.22. The molecule has 1 aliphatic carbocycles. The second-order valence-corrected chi connectivity index (χ2v) is 5.38. The van der Waals surface area contributed by atoms with E-state index >= 15 is 0 Å². The number of hydrogen-bond donors (Lipinski definition) is 1. The Morgan fingerprint density at radius 3 is 2.50 bits per heavy atom. The van der Waals surface area contributed by atoms with E-state index in [-0.39, 0.29) is 0 Å². The summed E-state index contributed by atoms with van der Waals surface area (Å²) in [5.41, 5.74) is 0.558. The van der Waals surface area contributed by atoms with Gasteiger partial charge in [-0.1, -0.05) is 13.8 Å². The molecule has 0 saturated heterocycles. The molecule has 1 N–H and O–H groups in total. The van der Waals surface area contributed by atoms with Gasteiger partial charge in [-0.05, 0) is 37.1 Å². The van der Waals surface area contributed by atoms with Gasteiger partial charge in [0.2, 0.25) is 0 Å². The quantitative estimate of drug-likeness (QED) is 0.582. The van der Waals surface area contributed by atoms with Gasteiger partial charge in [-0.2, -0.15) is 0 Å². The predicted molar refractivity (Wildman–Crippen MR) is 66.7 cm³/mol. The number of nitrogens with one attached hydrogen (secondary N) is 1. The van der Waals surface area contributed by atoms with Crippen molar-refractivity contribution in [3.8, 4) is 0 Å². The van der Waals surface area contributed by atoms with Crippen molar-refractivity contribution in [2.24, 2.45) is 11.3 Å². The highest BCUT2D eigenvalue weighted by Crippen LogP contribution is 2.48. The lowest BCUT2D eigenvalue weighted by atomic mass is 10.0. The summed E-state index contributed by atoms with van der Waals surface area (Å²) >= 11 is 0. The van der Waals surface area contributed by atoms with Gasteiger partial charge < -0.3 is 14.8 Å². The van der Waals surface area contributed by atoms with E-state index in [1.165, 1.54) is 25.8 Å². The van der Waals surface area contributed by atoms with Crippen molar-refractivity contribution in [2.75, 3.05) is 40.0 Å². The molecule has 0 aliphatic heterocycles. The fourth-order valence-corrected chi connectivity index (χ4v) is 1.85. The lowest BCUT2D eigenvalue weighted by Crippen LogP contribution is -2.28. The summed E-state index contributed by atoms with van der Waals surface area (Å²) in [4.78, 5) is 0. The standard InChI is InChI=1S/C13H27NO2/c1-12(2)10-14-11-13(4-5-13)6-7-16-9-8-15-3/h12,14H,4-11H2,1-3H3. The Morgan fingerprint density at radius 1 is 1.19 bits per heavy atom. The van der Waals surface area contributed by atoms with Crippen molar-refractivity contribution in [3.63, 3.8) is 0 Å². The van der Waals surface area contributed by atoms with Crippen LogP contribution in [0.1, 0.15) is 33.1 Å². The van der Waals surface area contributed by atoms with E-state index in [0.29, 0.717) is 12.0 Å². The molecule has 0 aromatic rings. The second kappa shape index (κ2) is 7.25. The van der Waals surface area contributed by atoms with Gasteiger partial charge >= 0.3 is 0 Å². The fraction of sp³-hybridized carbons (Fsp3) is 1.00. The highest BCUT2D eigenvalue weighted by molar-refractivity contribution is 4.94. The molecule has 0 heterocycles. The molecular weight excluding hydrogens is 202 g/mol. The molecule has 0 aromatic heterocycles. The molecule has 96 valence electrons. The molecule has 16 heavy (non-hydrogen) atoms. The average Bonchev–Trinajstić information content (AvgIpc) is 2.98. The molecule has 1 aliphatic rings. The van der Waals surface area contributed by atoms with Gasteiger partial charge in [0.05, 0.1) is 13.2 Å². The van der Waals surface area contributed by atoms with Gasteiger partial charge in [0.1, 0.15) is 0 Å². The molecule has 0 radical (unpaired) electrons. The van der Waals surface area contributed by atoms with Crippen LogP contribution in [-0.4, -0.2) is 40.0 Å². The van der Waals surface area contributed by atoms with Crippen molar-refractivity contribution in [1.29, 1.82) is 0 Å². The first kappa shape index (κ1) is 13.9. The van der Waals surface area contributed by atoms with Crippen LogP contribution in [0.2, 0.25) is 0 Å². The number of rotatable bonds is 10. The fourth-order valence-electron chi connectivity index (χ4n) is 1.85. The Bertz CT molecular complexity index is 179. The monoisotopic (exact) mass is 229 g/mol. The Balaban J connectivity index is 1.97. The van der Waals surface area contributed by atoms with Crippen LogP contribution in [-0.2, 0) is 9.47 Å². The molecule has 0 atom stereocenters. The Kier molecular flexibility index (Phi) is 6.32. The summed E-state index contributed by atoms with van der Waals surface area (Å²) in [5, 5.41) is 3.56. The third kappa shape index (κ3) is 5.83. The topological polar surface area (TPSA) is 30.5 Å². The maximum atomic E-state index is 5.52. The zero-order valence-corrected chi connectivity index (χ0v) is 11.1.